The zero-order valence-electron chi connectivity index (χ0n) is 37.1. The molecule has 1 aromatic heterocycles. The Kier molecular flexibility index (Phi) is 14.6. The normalized spacial score (nSPS) is 39.2. The van der Waals surface area contributed by atoms with Gasteiger partial charge in [-0.25, -0.2) is 4.99 Å². The number of carbonyl (C=O) groups excluding carboxylic acids is 3. The Morgan fingerprint density at radius 1 is 1.03 bits per heavy atom. The van der Waals surface area contributed by atoms with E-state index in [-0.39, 0.29) is 50.3 Å². The largest absolute Gasteiger partial charge is 0.459 e. The first kappa shape index (κ1) is 46.5. The fraction of sp³-hybridized carbons (Fsp3) is 0.652. The number of aliphatic imine (C=N–C) groups is 1. The SMILES string of the molecule is CC[C@H]1OC(=O)[C@H](C)C(=O)[C@H](C)[C@@H](O[C@@H]2O[C@H](C)C[C@H](N(C)C)[C@H]2O)[C@@]2(C)C[C@@H](C)C3=NC(=O)C(C/C=C/c4cnc5ccccc5c4)O/N=C(/CO[C@H]([C@H]3C)[C@]1(C)O)CO2. The molecule has 0 saturated carbocycles. The second-order valence-electron chi connectivity index (χ2n) is 18.1. The van der Waals surface area contributed by atoms with Crippen LogP contribution in [-0.4, -0.2) is 137 Å². The molecular formula is C46H64N4O11. The molecule has 3 fully saturated rings. The molecule has 4 aliphatic heterocycles. The Labute approximate surface area is 358 Å². The van der Waals surface area contributed by atoms with E-state index >= 15 is 0 Å². The molecule has 4 bridgehead atoms. The van der Waals surface area contributed by atoms with Gasteiger partial charge >= 0.3 is 5.97 Å². The van der Waals surface area contributed by atoms with Gasteiger partial charge in [-0.05, 0) is 84.7 Å². The third-order valence-corrected chi connectivity index (χ3v) is 12.9. The van der Waals surface area contributed by atoms with Crippen LogP contribution in [0, 0.1) is 23.7 Å². The van der Waals surface area contributed by atoms with Gasteiger partial charge in [0.25, 0.3) is 5.91 Å². The molecule has 1 unspecified atom stereocenters. The van der Waals surface area contributed by atoms with Crippen molar-refractivity contribution in [2.45, 2.75) is 141 Å². The molecule has 14 atom stereocenters. The van der Waals surface area contributed by atoms with Crippen LogP contribution in [-0.2, 0) is 42.9 Å². The molecule has 334 valence electrons. The lowest BCUT2D eigenvalue weighted by Crippen LogP contribution is -2.60. The number of Topliss-reactive ketones (excluding diaryl/α,β-unsaturated/α-hetero) is 1. The van der Waals surface area contributed by atoms with Gasteiger partial charge in [-0.1, -0.05) is 63.2 Å². The molecule has 4 aliphatic rings. The van der Waals surface area contributed by atoms with E-state index in [9.17, 15) is 24.6 Å². The molecule has 1 aromatic carbocycles. The standard InChI is InChI=1S/C46H64N4O11/c1-11-36-46(8,55)41-27(4)37-25(2)21-45(7,40(28(5)38(51)29(6)43(54)59-36)60-44-39(52)34(50(9)10)19-26(3)58-44)57-24-32(23-56-41)49-61-35(42(53)48-37)18-14-15-30-20-31-16-12-13-17-33(31)47-22-30/h12-17,20,22,25-29,34-36,39-41,44,52,55H,11,18-19,21,23-24H2,1-10H3/b15-14+,48-37?,49-32-/t25-,26-,27+,28+,29-,34+,35?,36-,39-,40-,41-,44+,45-,46-/m1/s1. The molecule has 15 nitrogen and oxygen atoms in total. The second kappa shape index (κ2) is 19.2. The van der Waals surface area contributed by atoms with Crippen molar-refractivity contribution in [3.05, 3.63) is 48.2 Å². The Morgan fingerprint density at radius 2 is 1.77 bits per heavy atom. The predicted octanol–water partition coefficient (Wildman–Crippen LogP) is 4.94. The monoisotopic (exact) mass is 848 g/mol. The number of hydrogen-bond donors (Lipinski definition) is 2. The zero-order chi connectivity index (χ0) is 44.4. The van der Waals surface area contributed by atoms with Crippen molar-refractivity contribution < 1.29 is 53.1 Å². The number of rotatable bonds is 7. The molecular weight excluding hydrogens is 785 g/mol. The molecule has 15 heteroatoms. The molecule has 61 heavy (non-hydrogen) atoms. The van der Waals surface area contributed by atoms with Gasteiger partial charge in [0, 0.05) is 41.6 Å². The number of aliphatic hydroxyl groups excluding tert-OH is 1. The van der Waals surface area contributed by atoms with E-state index in [1.165, 1.54) is 13.8 Å². The van der Waals surface area contributed by atoms with Gasteiger partial charge < -0.3 is 43.6 Å². The van der Waals surface area contributed by atoms with Gasteiger partial charge in [-0.3, -0.25) is 19.4 Å². The maximum atomic E-state index is 14.5. The van der Waals surface area contributed by atoms with Crippen molar-refractivity contribution in [3.63, 3.8) is 0 Å². The summed E-state index contributed by atoms with van der Waals surface area (Å²) in [4.78, 5) is 60.0. The number of ether oxygens (including phenoxy) is 5. The third kappa shape index (κ3) is 10.1. The minimum Gasteiger partial charge on any atom is -0.459 e. The van der Waals surface area contributed by atoms with Crippen molar-refractivity contribution in [2.75, 3.05) is 27.3 Å². The lowest BCUT2D eigenvalue weighted by atomic mass is 9.73. The summed E-state index contributed by atoms with van der Waals surface area (Å²) in [5, 5.41) is 29.5. The van der Waals surface area contributed by atoms with Crippen LogP contribution >= 0.6 is 0 Å². The van der Waals surface area contributed by atoms with Gasteiger partial charge in [-0.15, -0.1) is 0 Å². The quantitative estimate of drug-likeness (QED) is 0.282. The number of likely N-dealkylation sites (N-methyl/N-ethyl adjacent to an activating group) is 1. The molecule has 0 spiro atoms. The fourth-order valence-corrected chi connectivity index (χ4v) is 9.46. The number of cyclic esters (lactones) is 1. The summed E-state index contributed by atoms with van der Waals surface area (Å²) in [5.74, 6) is -5.44. The molecule has 0 aliphatic carbocycles. The number of amides is 1. The highest BCUT2D eigenvalue weighted by Gasteiger charge is 2.53. The van der Waals surface area contributed by atoms with Gasteiger partial charge in [0.15, 0.2) is 12.1 Å². The van der Waals surface area contributed by atoms with Crippen LogP contribution in [0.1, 0.15) is 86.6 Å². The highest BCUT2D eigenvalue weighted by Crippen LogP contribution is 2.40. The number of fused-ring (bicyclic) bond motifs is 5. The van der Waals surface area contributed by atoms with E-state index in [1.54, 1.807) is 27.0 Å². The molecule has 0 radical (unpaired) electrons. The van der Waals surface area contributed by atoms with Crippen LogP contribution in [0.4, 0.5) is 0 Å². The average Bonchev–Trinajstić information content (AvgIpc) is 3.25. The van der Waals surface area contributed by atoms with Gasteiger partial charge in [-0.2, -0.15) is 0 Å². The number of aliphatic hydroxyl groups is 2. The van der Waals surface area contributed by atoms with E-state index < -0.39 is 89.3 Å². The number of pyridine rings is 1. The minimum absolute atomic E-state index is 0.125. The molecule has 1 amide bonds. The topological polar surface area (TPSA) is 188 Å². The van der Waals surface area contributed by atoms with Crippen molar-refractivity contribution in [3.8, 4) is 0 Å². The number of para-hydroxylation sites is 1. The number of oxime groups is 1. The van der Waals surface area contributed by atoms with Crippen LogP contribution in [0.3, 0.4) is 0 Å². The van der Waals surface area contributed by atoms with E-state index in [2.05, 4.69) is 10.1 Å². The number of nitrogens with zero attached hydrogens (tertiary/aromatic N) is 4. The van der Waals surface area contributed by atoms with Gasteiger partial charge in [0.2, 0.25) is 6.10 Å². The molecule has 5 heterocycles. The molecule has 6 rings (SSSR count). The summed E-state index contributed by atoms with van der Waals surface area (Å²) in [6.07, 6.45) is -0.545. The van der Waals surface area contributed by atoms with Crippen LogP contribution in [0.15, 0.2) is 52.8 Å². The predicted molar refractivity (Wildman–Crippen MR) is 229 cm³/mol. The first-order valence-electron chi connectivity index (χ1n) is 21.6. The highest BCUT2D eigenvalue weighted by atomic mass is 16.7. The maximum Gasteiger partial charge on any atom is 0.316 e. The third-order valence-electron chi connectivity index (χ3n) is 12.9. The van der Waals surface area contributed by atoms with E-state index in [0.29, 0.717) is 12.1 Å². The summed E-state index contributed by atoms with van der Waals surface area (Å²) < 4.78 is 32.4. The summed E-state index contributed by atoms with van der Waals surface area (Å²) in [6, 6.07) is 9.49. The summed E-state index contributed by atoms with van der Waals surface area (Å²) >= 11 is 0. The lowest BCUT2D eigenvalue weighted by Gasteiger charge is -2.47. The van der Waals surface area contributed by atoms with E-state index in [0.717, 1.165) is 16.5 Å². The van der Waals surface area contributed by atoms with Gasteiger partial charge in [0.05, 0.1) is 42.6 Å². The fourth-order valence-electron chi connectivity index (χ4n) is 9.46. The zero-order valence-corrected chi connectivity index (χ0v) is 37.1. The first-order valence-corrected chi connectivity index (χ1v) is 21.6. The van der Waals surface area contributed by atoms with Crippen LogP contribution in [0.5, 0.6) is 0 Å². The van der Waals surface area contributed by atoms with Gasteiger partial charge in [0.1, 0.15) is 29.4 Å². The van der Waals surface area contributed by atoms with Crippen molar-refractivity contribution in [1.82, 2.24) is 9.88 Å². The Balaban J connectivity index is 1.46. The average molecular weight is 849 g/mol. The summed E-state index contributed by atoms with van der Waals surface area (Å²) in [5.41, 5.74) is -0.859. The number of aromatic nitrogens is 1. The molecule has 2 aromatic rings. The van der Waals surface area contributed by atoms with Crippen molar-refractivity contribution in [2.24, 2.45) is 33.8 Å². The van der Waals surface area contributed by atoms with Crippen molar-refractivity contribution >= 4 is 46.1 Å². The van der Waals surface area contributed by atoms with Crippen LogP contribution in [0.25, 0.3) is 17.0 Å². The Hall–Kier alpha value is -3.96. The molecule has 2 N–H and O–H groups in total. The number of esters is 1. The van der Waals surface area contributed by atoms with E-state index in [4.69, 9.17) is 33.5 Å². The Bertz CT molecular complexity index is 2000. The Morgan fingerprint density at radius 3 is 2.49 bits per heavy atom. The number of benzene rings is 1. The first-order chi connectivity index (χ1) is 28.8. The number of ketones is 1. The second-order valence-corrected chi connectivity index (χ2v) is 18.1. The van der Waals surface area contributed by atoms with Crippen molar-refractivity contribution in [1.29, 1.82) is 0 Å². The smallest absolute Gasteiger partial charge is 0.316 e. The number of carbonyl (C=O) groups is 3. The van der Waals surface area contributed by atoms with Crippen LogP contribution < -0.4 is 0 Å². The van der Waals surface area contributed by atoms with Crippen LogP contribution in [0.2, 0.25) is 0 Å². The lowest BCUT2D eigenvalue weighted by molar-refractivity contribution is -0.296. The minimum atomic E-state index is -1.83. The summed E-state index contributed by atoms with van der Waals surface area (Å²) in [6.45, 7) is 13.5. The number of hydrogen-bond acceptors (Lipinski definition) is 14. The van der Waals surface area contributed by atoms with E-state index in [1.807, 2.05) is 82.3 Å². The summed E-state index contributed by atoms with van der Waals surface area (Å²) in [7, 11) is 3.74. The molecule has 3 saturated heterocycles. The highest BCUT2D eigenvalue weighted by molar-refractivity contribution is 6.01. The maximum absolute atomic E-state index is 14.5.